The zero-order valence-corrected chi connectivity index (χ0v) is 17.5. The van der Waals surface area contributed by atoms with E-state index >= 15 is 0 Å². The lowest BCUT2D eigenvalue weighted by molar-refractivity contribution is -0.116. The van der Waals surface area contributed by atoms with Gasteiger partial charge < -0.3 is 19.2 Å². The number of fused-ring (bicyclic) bond motifs is 1. The van der Waals surface area contributed by atoms with E-state index in [4.69, 9.17) is 13.9 Å². The molecular weight excluding hydrogens is 366 g/mol. The molecule has 2 aromatic carbocycles. The minimum absolute atomic E-state index is 0.0754. The van der Waals surface area contributed by atoms with Gasteiger partial charge in [0.25, 0.3) is 0 Å². The molecule has 0 bridgehead atoms. The molecule has 0 spiro atoms. The molecule has 0 saturated heterocycles. The zero-order valence-electron chi connectivity index (χ0n) is 17.5. The maximum atomic E-state index is 12.2. The number of methoxy groups -OCH3 is 1. The van der Waals surface area contributed by atoms with Crippen molar-refractivity contribution in [3.8, 4) is 22.6 Å². The van der Waals surface area contributed by atoms with E-state index < -0.39 is 0 Å². The van der Waals surface area contributed by atoms with Crippen LogP contribution in [0.25, 0.3) is 27.7 Å². The summed E-state index contributed by atoms with van der Waals surface area (Å²) in [5.41, 5.74) is 4.28. The van der Waals surface area contributed by atoms with Crippen LogP contribution in [0.15, 0.2) is 53.2 Å². The molecule has 5 heteroatoms. The second-order valence-electron chi connectivity index (χ2n) is 7.12. The van der Waals surface area contributed by atoms with E-state index in [9.17, 15) is 4.79 Å². The molecular formula is C24H27NO4. The highest BCUT2D eigenvalue weighted by Gasteiger charge is 2.17. The fraction of sp³-hybridized carbons (Fsp3) is 0.292. The van der Waals surface area contributed by atoms with E-state index in [2.05, 4.69) is 5.32 Å². The summed E-state index contributed by atoms with van der Waals surface area (Å²) >= 11 is 0. The highest BCUT2D eigenvalue weighted by atomic mass is 16.5. The lowest BCUT2D eigenvalue weighted by Gasteiger charge is -2.12. The van der Waals surface area contributed by atoms with Gasteiger partial charge in [0, 0.05) is 40.3 Å². The van der Waals surface area contributed by atoms with Crippen LogP contribution >= 0.6 is 0 Å². The van der Waals surface area contributed by atoms with Gasteiger partial charge in [0.1, 0.15) is 17.1 Å². The third-order valence-electron chi connectivity index (χ3n) is 4.58. The Morgan fingerprint density at radius 1 is 1.17 bits per heavy atom. The van der Waals surface area contributed by atoms with Gasteiger partial charge in [-0.15, -0.1) is 0 Å². The Morgan fingerprint density at radius 3 is 2.62 bits per heavy atom. The average molecular weight is 393 g/mol. The maximum Gasteiger partial charge on any atom is 0.244 e. The fourth-order valence-electron chi connectivity index (χ4n) is 3.31. The Labute approximate surface area is 171 Å². The van der Waals surface area contributed by atoms with Crippen molar-refractivity contribution in [1.82, 2.24) is 5.32 Å². The predicted octanol–water partition coefficient (Wildman–Crippen LogP) is 5.44. The standard InChI is InChI=1S/C24H27NO4/c1-6-28-22-13-23-19(12-18(22)16(4)11-24(26)25-15(2)3)20(14-29-23)17-9-7-8-10-21(17)27-5/h7-15H,6H2,1-5H3,(H,25,26)/b16-11+. The van der Waals surface area contributed by atoms with Crippen LogP contribution in [0.2, 0.25) is 0 Å². The number of furan rings is 1. The molecule has 0 fully saturated rings. The van der Waals surface area contributed by atoms with Crippen molar-refractivity contribution in [3.63, 3.8) is 0 Å². The number of carbonyl (C=O) groups is 1. The largest absolute Gasteiger partial charge is 0.496 e. The van der Waals surface area contributed by atoms with Gasteiger partial charge in [-0.1, -0.05) is 18.2 Å². The molecule has 29 heavy (non-hydrogen) atoms. The van der Waals surface area contributed by atoms with Crippen molar-refractivity contribution >= 4 is 22.4 Å². The smallest absolute Gasteiger partial charge is 0.244 e. The Hall–Kier alpha value is -3.21. The summed E-state index contributed by atoms with van der Waals surface area (Å²) in [5, 5.41) is 3.82. The number of nitrogens with one attached hydrogen (secondary N) is 1. The first kappa shape index (κ1) is 20.5. The molecule has 0 unspecified atom stereocenters. The first-order valence-electron chi connectivity index (χ1n) is 9.75. The molecule has 3 aromatic rings. The molecule has 0 atom stereocenters. The first-order chi connectivity index (χ1) is 13.9. The SMILES string of the molecule is CCOc1cc2occ(-c3ccccc3OC)c2cc1/C(C)=C/C(=O)NC(C)C. The number of allylic oxidation sites excluding steroid dienone is 1. The average Bonchev–Trinajstić information content (AvgIpc) is 3.09. The van der Waals surface area contributed by atoms with Crippen molar-refractivity contribution in [2.45, 2.75) is 33.7 Å². The zero-order chi connectivity index (χ0) is 21.0. The third-order valence-corrected chi connectivity index (χ3v) is 4.58. The van der Waals surface area contributed by atoms with E-state index in [-0.39, 0.29) is 11.9 Å². The van der Waals surface area contributed by atoms with Gasteiger partial charge in [-0.3, -0.25) is 4.79 Å². The van der Waals surface area contributed by atoms with Crippen LogP contribution in [0.3, 0.4) is 0 Å². The summed E-state index contributed by atoms with van der Waals surface area (Å²) in [7, 11) is 1.65. The number of rotatable bonds is 7. The number of benzene rings is 2. The molecule has 5 nitrogen and oxygen atoms in total. The van der Waals surface area contributed by atoms with Crippen LogP contribution < -0.4 is 14.8 Å². The molecule has 0 aliphatic carbocycles. The van der Waals surface area contributed by atoms with Crippen LogP contribution in [-0.2, 0) is 4.79 Å². The normalized spacial score (nSPS) is 11.7. The van der Waals surface area contributed by atoms with E-state index in [1.54, 1.807) is 19.4 Å². The Kier molecular flexibility index (Phi) is 6.27. The van der Waals surface area contributed by atoms with Gasteiger partial charge >= 0.3 is 0 Å². The number of carbonyl (C=O) groups excluding carboxylic acids is 1. The molecule has 3 rings (SSSR count). The van der Waals surface area contributed by atoms with Crippen molar-refractivity contribution in [3.05, 3.63) is 54.3 Å². The predicted molar refractivity (Wildman–Crippen MR) is 116 cm³/mol. The molecule has 0 saturated carbocycles. The molecule has 1 amide bonds. The fourth-order valence-corrected chi connectivity index (χ4v) is 3.31. The molecule has 1 heterocycles. The molecule has 0 aliphatic rings. The lowest BCUT2D eigenvalue weighted by Crippen LogP contribution is -2.28. The monoisotopic (exact) mass is 393 g/mol. The van der Waals surface area contributed by atoms with Gasteiger partial charge in [-0.25, -0.2) is 0 Å². The third kappa shape index (κ3) is 4.45. The van der Waals surface area contributed by atoms with Crippen LogP contribution in [0.5, 0.6) is 11.5 Å². The quantitative estimate of drug-likeness (QED) is 0.543. The second kappa shape index (κ2) is 8.86. The summed E-state index contributed by atoms with van der Waals surface area (Å²) in [6, 6.07) is 11.8. The molecule has 0 radical (unpaired) electrons. The van der Waals surface area contributed by atoms with Crippen LogP contribution in [0.4, 0.5) is 0 Å². The first-order valence-corrected chi connectivity index (χ1v) is 9.75. The number of para-hydroxylation sites is 1. The van der Waals surface area contributed by atoms with E-state index in [1.807, 2.05) is 64.1 Å². The number of ether oxygens (including phenoxy) is 2. The minimum atomic E-state index is -0.128. The van der Waals surface area contributed by atoms with E-state index in [0.29, 0.717) is 12.4 Å². The molecule has 1 N–H and O–H groups in total. The highest BCUT2D eigenvalue weighted by molar-refractivity contribution is 6.01. The summed E-state index contributed by atoms with van der Waals surface area (Å²) < 4.78 is 17.2. The summed E-state index contributed by atoms with van der Waals surface area (Å²) in [6.45, 7) is 8.23. The highest BCUT2D eigenvalue weighted by Crippen LogP contribution is 2.40. The van der Waals surface area contributed by atoms with Gasteiger partial charge in [-0.2, -0.15) is 0 Å². The molecule has 0 aliphatic heterocycles. The summed E-state index contributed by atoms with van der Waals surface area (Å²) in [5.74, 6) is 1.33. The maximum absolute atomic E-state index is 12.2. The Morgan fingerprint density at radius 2 is 1.93 bits per heavy atom. The van der Waals surface area contributed by atoms with Crippen LogP contribution in [-0.4, -0.2) is 25.7 Å². The summed E-state index contributed by atoms with van der Waals surface area (Å²) in [4.78, 5) is 12.2. The van der Waals surface area contributed by atoms with Crippen molar-refractivity contribution in [2.24, 2.45) is 0 Å². The van der Waals surface area contributed by atoms with Gasteiger partial charge in [0.15, 0.2) is 0 Å². The van der Waals surface area contributed by atoms with Crippen molar-refractivity contribution < 1.29 is 18.7 Å². The molecule has 1 aromatic heterocycles. The van der Waals surface area contributed by atoms with Gasteiger partial charge in [0.2, 0.25) is 5.91 Å². The van der Waals surface area contributed by atoms with Crippen molar-refractivity contribution in [1.29, 1.82) is 0 Å². The van der Waals surface area contributed by atoms with E-state index in [1.165, 1.54) is 0 Å². The second-order valence-corrected chi connectivity index (χ2v) is 7.12. The number of hydrogen-bond acceptors (Lipinski definition) is 4. The van der Waals surface area contributed by atoms with Crippen LogP contribution in [0.1, 0.15) is 33.3 Å². The Balaban J connectivity index is 2.15. The lowest BCUT2D eigenvalue weighted by atomic mass is 9.98. The topological polar surface area (TPSA) is 60.7 Å². The number of hydrogen-bond donors (Lipinski definition) is 1. The van der Waals surface area contributed by atoms with Gasteiger partial charge in [-0.05, 0) is 45.4 Å². The van der Waals surface area contributed by atoms with Gasteiger partial charge in [0.05, 0.1) is 20.0 Å². The molecule has 152 valence electrons. The van der Waals surface area contributed by atoms with E-state index in [0.717, 1.165) is 39.0 Å². The van der Waals surface area contributed by atoms with Crippen molar-refractivity contribution in [2.75, 3.05) is 13.7 Å². The van der Waals surface area contributed by atoms with Crippen LogP contribution in [0, 0.1) is 0 Å². The number of amides is 1. The minimum Gasteiger partial charge on any atom is -0.496 e. The summed E-state index contributed by atoms with van der Waals surface area (Å²) in [6.07, 6.45) is 3.33. The Bertz CT molecular complexity index is 1050.